The molecule has 0 unspecified atom stereocenters. The summed E-state index contributed by atoms with van der Waals surface area (Å²) in [6, 6.07) is 15.3. The Hall–Kier alpha value is -3.42. The molecule has 3 aromatic carbocycles. The van der Waals surface area contributed by atoms with Crippen LogP contribution in [0.4, 0.5) is 20.2 Å². The van der Waals surface area contributed by atoms with Gasteiger partial charge in [-0.1, -0.05) is 24.3 Å². The zero-order valence-electron chi connectivity index (χ0n) is 17.2. The van der Waals surface area contributed by atoms with E-state index in [9.17, 15) is 18.4 Å². The largest absolute Gasteiger partial charge is 0.338 e. The molecule has 0 bridgehead atoms. The van der Waals surface area contributed by atoms with Crippen LogP contribution in [0, 0.1) is 18.6 Å². The van der Waals surface area contributed by atoms with E-state index in [0.717, 1.165) is 17.7 Å². The van der Waals surface area contributed by atoms with Gasteiger partial charge in [-0.2, -0.15) is 0 Å². The summed E-state index contributed by atoms with van der Waals surface area (Å²) in [7, 11) is 0. The number of aryl methyl sites for hydroxylation is 1. The van der Waals surface area contributed by atoms with Crippen LogP contribution in [0.3, 0.4) is 0 Å². The minimum atomic E-state index is -1.74. The Balaban J connectivity index is 1.66. The first-order chi connectivity index (χ1) is 15.4. The quantitative estimate of drug-likeness (QED) is 0.556. The second kappa shape index (κ2) is 7.62. The lowest BCUT2D eigenvalue weighted by Crippen LogP contribution is -2.46. The Morgan fingerprint density at radius 1 is 0.969 bits per heavy atom. The Bertz CT molecular complexity index is 1250. The van der Waals surface area contributed by atoms with Crippen LogP contribution in [0.15, 0.2) is 60.7 Å². The minimum Gasteiger partial charge on any atom is -0.338 e. The molecule has 0 saturated carbocycles. The Kier molecular flexibility index (Phi) is 4.87. The molecular weight excluding hydrogens is 416 g/mol. The first-order valence-electron chi connectivity index (χ1n) is 10.2. The van der Waals surface area contributed by atoms with Gasteiger partial charge in [0, 0.05) is 22.8 Å². The molecule has 0 aromatic heterocycles. The first-order valence-corrected chi connectivity index (χ1v) is 10.2. The summed E-state index contributed by atoms with van der Waals surface area (Å²) >= 11 is 0. The van der Waals surface area contributed by atoms with Crippen molar-refractivity contribution in [2.24, 2.45) is 0 Å². The monoisotopic (exact) mass is 435 g/mol. The number of ether oxygens (including phenoxy) is 2. The number of hydrogen-bond donors (Lipinski definition) is 0. The summed E-state index contributed by atoms with van der Waals surface area (Å²) in [4.78, 5) is 27.9. The van der Waals surface area contributed by atoms with Gasteiger partial charge in [0.1, 0.15) is 0 Å². The van der Waals surface area contributed by atoms with E-state index in [1.165, 1.54) is 11.0 Å². The number of fused-ring (bicyclic) bond motifs is 2. The summed E-state index contributed by atoms with van der Waals surface area (Å²) in [6.45, 7) is 2.42. The normalized spacial score (nSPS) is 17.0. The molecule has 1 saturated heterocycles. The van der Waals surface area contributed by atoms with Crippen LogP contribution in [0.25, 0.3) is 0 Å². The number of carbonyl (C=O) groups excluding carboxylic acids is 2. The molecule has 0 N–H and O–H groups in total. The fourth-order valence-electron chi connectivity index (χ4n) is 4.18. The zero-order valence-corrected chi connectivity index (χ0v) is 17.2. The van der Waals surface area contributed by atoms with Gasteiger partial charge in [-0.15, -0.1) is 0 Å². The molecular formula is C25H19F2NO4. The molecule has 2 aliphatic rings. The van der Waals surface area contributed by atoms with Crippen LogP contribution in [0.1, 0.15) is 33.5 Å². The predicted octanol–water partition coefficient (Wildman–Crippen LogP) is 4.77. The molecule has 1 fully saturated rings. The third-order valence-electron chi connectivity index (χ3n) is 5.79. The predicted molar refractivity (Wildman–Crippen MR) is 113 cm³/mol. The average molecular weight is 435 g/mol. The van der Waals surface area contributed by atoms with E-state index < -0.39 is 23.3 Å². The maximum Gasteiger partial charge on any atom is 0.297 e. The molecule has 3 aromatic rings. The van der Waals surface area contributed by atoms with Gasteiger partial charge in [-0.25, -0.2) is 8.78 Å². The van der Waals surface area contributed by atoms with Crippen molar-refractivity contribution in [1.82, 2.24) is 0 Å². The average Bonchev–Trinajstić information content (AvgIpc) is 3.03. The molecule has 2 heterocycles. The Morgan fingerprint density at radius 3 is 2.44 bits per heavy atom. The van der Waals surface area contributed by atoms with Crippen molar-refractivity contribution in [2.75, 3.05) is 18.1 Å². The smallest absolute Gasteiger partial charge is 0.297 e. The van der Waals surface area contributed by atoms with E-state index in [2.05, 4.69) is 0 Å². The van der Waals surface area contributed by atoms with Crippen LogP contribution in [0.2, 0.25) is 0 Å². The first kappa shape index (κ1) is 20.5. The highest BCUT2D eigenvalue weighted by molar-refractivity contribution is 6.14. The minimum absolute atomic E-state index is 0.141. The molecule has 5 nitrogen and oxygen atoms in total. The summed E-state index contributed by atoms with van der Waals surface area (Å²) in [5.74, 6) is -4.59. The summed E-state index contributed by atoms with van der Waals surface area (Å²) in [5.41, 5.74) is 2.65. The van der Waals surface area contributed by atoms with Crippen molar-refractivity contribution < 1.29 is 27.8 Å². The number of amides is 1. The maximum absolute atomic E-state index is 13.9. The van der Waals surface area contributed by atoms with E-state index in [0.29, 0.717) is 28.8 Å². The highest BCUT2D eigenvalue weighted by Gasteiger charge is 2.55. The van der Waals surface area contributed by atoms with E-state index in [4.69, 9.17) is 9.47 Å². The number of carbonyl (C=O) groups is 2. The van der Waals surface area contributed by atoms with Gasteiger partial charge in [-0.05, 0) is 49.2 Å². The van der Waals surface area contributed by atoms with Crippen molar-refractivity contribution in [3.63, 3.8) is 0 Å². The number of halogens is 2. The lowest BCUT2D eigenvalue weighted by atomic mass is 9.95. The van der Waals surface area contributed by atoms with Crippen molar-refractivity contribution in [1.29, 1.82) is 0 Å². The molecule has 2 aliphatic heterocycles. The van der Waals surface area contributed by atoms with Crippen LogP contribution >= 0.6 is 0 Å². The second-order valence-corrected chi connectivity index (χ2v) is 7.78. The van der Waals surface area contributed by atoms with Crippen molar-refractivity contribution >= 4 is 23.1 Å². The number of hydrogen-bond acceptors (Lipinski definition) is 4. The van der Waals surface area contributed by atoms with Crippen molar-refractivity contribution in [3.05, 3.63) is 94.6 Å². The zero-order chi connectivity index (χ0) is 22.5. The van der Waals surface area contributed by atoms with Gasteiger partial charge in [0.05, 0.1) is 24.6 Å². The van der Waals surface area contributed by atoms with Crippen LogP contribution in [0.5, 0.6) is 0 Å². The third kappa shape index (κ3) is 3.04. The highest BCUT2D eigenvalue weighted by atomic mass is 19.2. The van der Waals surface area contributed by atoms with E-state index in [1.54, 1.807) is 30.3 Å². The van der Waals surface area contributed by atoms with E-state index in [-0.39, 0.29) is 24.7 Å². The van der Waals surface area contributed by atoms with Crippen molar-refractivity contribution in [3.8, 4) is 0 Å². The van der Waals surface area contributed by atoms with Gasteiger partial charge in [0.15, 0.2) is 17.4 Å². The number of nitrogens with zero attached hydrogens (tertiary/aromatic N) is 1. The van der Waals surface area contributed by atoms with Gasteiger partial charge < -0.3 is 9.47 Å². The summed E-state index contributed by atoms with van der Waals surface area (Å²) in [5, 5.41) is 0. The lowest BCUT2D eigenvalue weighted by molar-refractivity contribution is -0.256. The standard InChI is InChI=1S/C25H19F2NO4/c1-15-5-2-3-6-18(15)23(29)16-7-10-22-19(13-16)25(31-11-4-12-32-25)24(30)28(22)17-8-9-20(26)21(27)14-17/h2-3,5-10,13-14H,4,11-12H2,1H3. The second-order valence-electron chi connectivity index (χ2n) is 7.78. The van der Waals surface area contributed by atoms with Gasteiger partial charge >= 0.3 is 0 Å². The molecule has 0 radical (unpaired) electrons. The number of anilines is 2. The summed E-state index contributed by atoms with van der Waals surface area (Å²) in [6.07, 6.45) is 0.609. The molecule has 32 heavy (non-hydrogen) atoms. The van der Waals surface area contributed by atoms with Crippen molar-refractivity contribution in [2.45, 2.75) is 19.1 Å². The number of ketones is 1. The third-order valence-corrected chi connectivity index (χ3v) is 5.79. The topological polar surface area (TPSA) is 55.8 Å². The van der Waals surface area contributed by atoms with E-state index in [1.807, 2.05) is 19.1 Å². The molecule has 1 spiro atoms. The van der Waals surface area contributed by atoms with E-state index >= 15 is 0 Å². The molecule has 0 atom stereocenters. The molecule has 0 aliphatic carbocycles. The lowest BCUT2D eigenvalue weighted by Gasteiger charge is -2.32. The molecule has 162 valence electrons. The number of benzene rings is 3. The maximum atomic E-state index is 13.9. The van der Waals surface area contributed by atoms with Gasteiger partial charge in [0.2, 0.25) is 0 Å². The SMILES string of the molecule is Cc1ccccc1C(=O)c1ccc2c(c1)C1(OCCCO1)C(=O)N2c1ccc(F)c(F)c1. The van der Waals surface area contributed by atoms with Crippen LogP contribution in [-0.2, 0) is 20.1 Å². The summed E-state index contributed by atoms with van der Waals surface area (Å²) < 4.78 is 39.1. The Morgan fingerprint density at radius 2 is 1.72 bits per heavy atom. The number of rotatable bonds is 3. The fraction of sp³-hybridized carbons (Fsp3) is 0.200. The van der Waals surface area contributed by atoms with Crippen LogP contribution < -0.4 is 4.90 Å². The molecule has 1 amide bonds. The van der Waals surface area contributed by atoms with Crippen LogP contribution in [-0.4, -0.2) is 24.9 Å². The molecule has 5 rings (SSSR count). The molecule has 7 heteroatoms. The van der Waals surface area contributed by atoms with Gasteiger partial charge in [-0.3, -0.25) is 14.5 Å². The fourth-order valence-corrected chi connectivity index (χ4v) is 4.18. The van der Waals surface area contributed by atoms with Gasteiger partial charge in [0.25, 0.3) is 11.7 Å². The Labute approximate surface area is 183 Å². The highest BCUT2D eigenvalue weighted by Crippen LogP contribution is 2.48.